The van der Waals surface area contributed by atoms with Gasteiger partial charge in [0.25, 0.3) is 0 Å². The maximum atomic E-state index is 13.1. The Morgan fingerprint density at radius 3 is 2.41 bits per heavy atom. The Bertz CT molecular complexity index is 722. The van der Waals surface area contributed by atoms with Crippen LogP contribution in [-0.2, 0) is 25.7 Å². The van der Waals surface area contributed by atoms with Crippen molar-refractivity contribution in [2.24, 2.45) is 0 Å². The third-order valence-corrected chi connectivity index (χ3v) is 3.60. The van der Waals surface area contributed by atoms with Crippen LogP contribution in [0.2, 0.25) is 0 Å². The summed E-state index contributed by atoms with van der Waals surface area (Å²) in [5.41, 5.74) is 2.26. The Hall–Kier alpha value is -2.49. The zero-order valence-electron chi connectivity index (χ0n) is 12.3. The summed E-state index contributed by atoms with van der Waals surface area (Å²) < 4.78 is 13.1. The first kappa shape index (κ1) is 14.4. The van der Waals surface area contributed by atoms with Crippen molar-refractivity contribution in [3.8, 4) is 0 Å². The van der Waals surface area contributed by atoms with Crippen LogP contribution in [0.4, 0.5) is 4.39 Å². The second kappa shape index (κ2) is 6.98. The molecule has 0 saturated carbocycles. The minimum Gasteiger partial charge on any atom is -0.263 e. The van der Waals surface area contributed by atoms with E-state index < -0.39 is 0 Å². The molecule has 0 fully saturated rings. The largest absolute Gasteiger partial charge is 0.263 e. The zero-order chi connectivity index (χ0) is 15.2. The van der Waals surface area contributed by atoms with Crippen LogP contribution in [0.1, 0.15) is 22.8 Å². The van der Waals surface area contributed by atoms with Crippen molar-refractivity contribution < 1.29 is 4.39 Å². The molecular formula is C18H18FN3. The van der Waals surface area contributed by atoms with Crippen molar-refractivity contribution in [3.63, 3.8) is 0 Å². The van der Waals surface area contributed by atoms with Crippen LogP contribution in [0.15, 0.2) is 54.6 Å². The zero-order valence-corrected chi connectivity index (χ0v) is 12.3. The molecule has 0 spiro atoms. The summed E-state index contributed by atoms with van der Waals surface area (Å²) >= 11 is 0. The first-order valence-electron chi connectivity index (χ1n) is 7.48. The molecule has 0 saturated heterocycles. The molecule has 1 N–H and O–H groups in total. The molecule has 1 aromatic heterocycles. The first-order chi connectivity index (χ1) is 10.8. The standard InChI is InChI=1S/C18H18FN3/c19-16-8-4-7-15(13-16)10-12-18-20-17(21-22-18)11-9-14-5-2-1-3-6-14/h1-8,13H,9-12H2,(H,20,21,22). The molecule has 3 rings (SSSR count). The van der Waals surface area contributed by atoms with Crippen molar-refractivity contribution in [2.45, 2.75) is 25.7 Å². The molecule has 0 amide bonds. The smallest absolute Gasteiger partial charge is 0.151 e. The molecular weight excluding hydrogens is 277 g/mol. The Morgan fingerprint density at radius 1 is 0.818 bits per heavy atom. The second-order valence-corrected chi connectivity index (χ2v) is 5.31. The average molecular weight is 295 g/mol. The summed E-state index contributed by atoms with van der Waals surface area (Å²) in [5, 5.41) is 7.22. The number of rotatable bonds is 6. The topological polar surface area (TPSA) is 41.6 Å². The van der Waals surface area contributed by atoms with E-state index in [1.165, 1.54) is 11.6 Å². The summed E-state index contributed by atoms with van der Waals surface area (Å²) in [6.45, 7) is 0. The molecule has 0 radical (unpaired) electrons. The van der Waals surface area contributed by atoms with Gasteiger partial charge in [0, 0.05) is 12.8 Å². The van der Waals surface area contributed by atoms with Gasteiger partial charge in [0.2, 0.25) is 0 Å². The first-order valence-corrected chi connectivity index (χ1v) is 7.48. The molecule has 3 aromatic rings. The SMILES string of the molecule is Fc1cccc(CCc2n[nH]c(CCc3ccccc3)n2)c1. The highest BCUT2D eigenvalue weighted by Crippen LogP contribution is 2.08. The number of H-pyrrole nitrogens is 1. The number of aromatic amines is 1. The van der Waals surface area contributed by atoms with Crippen molar-refractivity contribution in [1.82, 2.24) is 15.2 Å². The summed E-state index contributed by atoms with van der Waals surface area (Å²) in [6, 6.07) is 17.0. The van der Waals surface area contributed by atoms with Crippen LogP contribution < -0.4 is 0 Å². The number of aromatic nitrogens is 3. The molecule has 22 heavy (non-hydrogen) atoms. The van der Waals surface area contributed by atoms with Gasteiger partial charge in [-0.2, -0.15) is 5.10 Å². The van der Waals surface area contributed by atoms with Gasteiger partial charge in [-0.25, -0.2) is 9.37 Å². The van der Waals surface area contributed by atoms with Crippen molar-refractivity contribution in [1.29, 1.82) is 0 Å². The Balaban J connectivity index is 1.53. The lowest BCUT2D eigenvalue weighted by Crippen LogP contribution is -1.95. The van der Waals surface area contributed by atoms with E-state index in [9.17, 15) is 4.39 Å². The molecule has 2 aromatic carbocycles. The summed E-state index contributed by atoms with van der Waals surface area (Å²) in [5.74, 6) is 1.49. The number of benzene rings is 2. The van der Waals surface area contributed by atoms with Gasteiger partial charge in [0.05, 0.1) is 0 Å². The number of nitrogens with zero attached hydrogens (tertiary/aromatic N) is 2. The van der Waals surface area contributed by atoms with E-state index >= 15 is 0 Å². The molecule has 0 unspecified atom stereocenters. The molecule has 0 aliphatic rings. The van der Waals surface area contributed by atoms with Crippen LogP contribution in [0.25, 0.3) is 0 Å². The van der Waals surface area contributed by atoms with Crippen LogP contribution >= 0.6 is 0 Å². The van der Waals surface area contributed by atoms with Gasteiger partial charge < -0.3 is 0 Å². The van der Waals surface area contributed by atoms with Gasteiger partial charge in [-0.1, -0.05) is 42.5 Å². The van der Waals surface area contributed by atoms with E-state index in [0.29, 0.717) is 6.42 Å². The second-order valence-electron chi connectivity index (χ2n) is 5.31. The normalized spacial score (nSPS) is 10.8. The number of nitrogens with one attached hydrogen (secondary N) is 1. The molecule has 3 nitrogen and oxygen atoms in total. The van der Waals surface area contributed by atoms with E-state index in [1.807, 2.05) is 24.3 Å². The Labute approximate surface area is 129 Å². The molecule has 1 heterocycles. The molecule has 0 aliphatic carbocycles. The van der Waals surface area contributed by atoms with Gasteiger partial charge >= 0.3 is 0 Å². The number of hydrogen-bond donors (Lipinski definition) is 1. The van der Waals surface area contributed by atoms with Gasteiger partial charge in [-0.3, -0.25) is 5.10 Å². The fourth-order valence-electron chi connectivity index (χ4n) is 2.41. The summed E-state index contributed by atoms with van der Waals surface area (Å²) in [4.78, 5) is 4.50. The van der Waals surface area contributed by atoms with Crippen molar-refractivity contribution in [3.05, 3.63) is 83.2 Å². The highest BCUT2D eigenvalue weighted by atomic mass is 19.1. The van der Waals surface area contributed by atoms with Crippen LogP contribution in [0.3, 0.4) is 0 Å². The van der Waals surface area contributed by atoms with Gasteiger partial charge in [-0.15, -0.1) is 0 Å². The van der Waals surface area contributed by atoms with Gasteiger partial charge in [0.15, 0.2) is 5.82 Å². The Morgan fingerprint density at radius 2 is 1.59 bits per heavy atom. The van der Waals surface area contributed by atoms with E-state index in [-0.39, 0.29) is 5.82 Å². The number of aryl methyl sites for hydroxylation is 4. The monoisotopic (exact) mass is 295 g/mol. The summed E-state index contributed by atoms with van der Waals surface area (Å²) in [7, 11) is 0. The number of hydrogen-bond acceptors (Lipinski definition) is 2. The minimum atomic E-state index is -0.198. The lowest BCUT2D eigenvalue weighted by atomic mass is 10.1. The van der Waals surface area contributed by atoms with Gasteiger partial charge in [0.1, 0.15) is 11.6 Å². The lowest BCUT2D eigenvalue weighted by molar-refractivity contribution is 0.625. The van der Waals surface area contributed by atoms with Crippen LogP contribution in [0.5, 0.6) is 0 Å². The minimum absolute atomic E-state index is 0.198. The molecule has 0 bridgehead atoms. The maximum Gasteiger partial charge on any atom is 0.151 e. The van der Waals surface area contributed by atoms with E-state index in [4.69, 9.17) is 0 Å². The summed E-state index contributed by atoms with van der Waals surface area (Å²) in [6.07, 6.45) is 3.25. The van der Waals surface area contributed by atoms with E-state index in [1.54, 1.807) is 12.1 Å². The van der Waals surface area contributed by atoms with Crippen molar-refractivity contribution in [2.75, 3.05) is 0 Å². The van der Waals surface area contributed by atoms with Gasteiger partial charge in [-0.05, 0) is 36.1 Å². The average Bonchev–Trinajstić information content (AvgIpc) is 3.00. The predicted molar refractivity (Wildman–Crippen MR) is 84.0 cm³/mol. The van der Waals surface area contributed by atoms with E-state index in [0.717, 1.165) is 36.5 Å². The number of halogens is 1. The third kappa shape index (κ3) is 4.01. The highest BCUT2D eigenvalue weighted by molar-refractivity contribution is 5.17. The molecule has 0 aliphatic heterocycles. The van der Waals surface area contributed by atoms with Crippen LogP contribution in [0, 0.1) is 5.82 Å². The quantitative estimate of drug-likeness (QED) is 0.756. The fourth-order valence-corrected chi connectivity index (χ4v) is 2.41. The Kier molecular flexibility index (Phi) is 4.59. The lowest BCUT2D eigenvalue weighted by Gasteiger charge is -1.99. The predicted octanol–water partition coefficient (Wildman–Crippen LogP) is 3.51. The molecule has 112 valence electrons. The molecule has 4 heteroatoms. The van der Waals surface area contributed by atoms with Crippen molar-refractivity contribution >= 4 is 0 Å². The highest BCUT2D eigenvalue weighted by Gasteiger charge is 2.05. The third-order valence-electron chi connectivity index (χ3n) is 3.60. The molecule has 0 atom stereocenters. The maximum absolute atomic E-state index is 13.1. The van der Waals surface area contributed by atoms with Crippen LogP contribution in [-0.4, -0.2) is 15.2 Å². The van der Waals surface area contributed by atoms with E-state index in [2.05, 4.69) is 27.3 Å². The fraction of sp³-hybridized carbons (Fsp3) is 0.222.